The maximum atomic E-state index is 13.5. The van der Waals surface area contributed by atoms with Crippen LogP contribution in [0.5, 0.6) is 5.75 Å². The van der Waals surface area contributed by atoms with Crippen molar-refractivity contribution < 1.29 is 23.5 Å². The monoisotopic (exact) mass is 511 g/mol. The highest BCUT2D eigenvalue weighted by atomic mass is 19.1. The molecule has 1 saturated carbocycles. The van der Waals surface area contributed by atoms with Gasteiger partial charge in [-0.2, -0.15) is 0 Å². The Morgan fingerprint density at radius 1 is 1.14 bits per heavy atom. The van der Waals surface area contributed by atoms with Crippen molar-refractivity contribution in [1.29, 1.82) is 0 Å². The zero-order valence-corrected chi connectivity index (χ0v) is 22.2. The van der Waals surface area contributed by atoms with Crippen LogP contribution in [0, 0.1) is 17.7 Å². The first-order valence-corrected chi connectivity index (χ1v) is 13.1. The van der Waals surface area contributed by atoms with Gasteiger partial charge in [-0.3, -0.25) is 14.5 Å². The number of fused-ring (bicyclic) bond motifs is 1. The van der Waals surface area contributed by atoms with Crippen LogP contribution in [0.15, 0.2) is 42.5 Å². The fourth-order valence-corrected chi connectivity index (χ4v) is 4.88. The molecule has 4 rings (SSSR count). The number of halogens is 1. The van der Waals surface area contributed by atoms with Crippen molar-refractivity contribution in [2.24, 2.45) is 11.8 Å². The third kappa shape index (κ3) is 6.67. The fraction of sp³-hybridized carbons (Fsp3) is 0.517. The van der Waals surface area contributed by atoms with E-state index >= 15 is 0 Å². The molecular formula is C29H38FN3O4. The second-order valence-electron chi connectivity index (χ2n) is 10.5. The smallest absolute Gasteiger partial charge is 0.257 e. The minimum absolute atomic E-state index is 0.00154. The molecule has 0 unspecified atom stereocenters. The molecule has 2 amide bonds. The lowest BCUT2D eigenvalue weighted by Crippen LogP contribution is -2.46. The van der Waals surface area contributed by atoms with Crippen molar-refractivity contribution in [3.05, 3.63) is 59.4 Å². The Morgan fingerprint density at radius 2 is 1.86 bits per heavy atom. The number of methoxy groups -OCH3 is 1. The lowest BCUT2D eigenvalue weighted by molar-refractivity contribution is -0.122. The molecule has 37 heavy (non-hydrogen) atoms. The Balaban J connectivity index is 1.61. The Kier molecular flexibility index (Phi) is 8.82. The van der Waals surface area contributed by atoms with Crippen LogP contribution in [0.25, 0.3) is 0 Å². The van der Waals surface area contributed by atoms with Crippen molar-refractivity contribution in [1.82, 2.24) is 9.80 Å². The van der Waals surface area contributed by atoms with E-state index in [1.807, 2.05) is 0 Å². The summed E-state index contributed by atoms with van der Waals surface area (Å²) in [5.74, 6) is 0.232. The largest absolute Gasteiger partial charge is 0.491 e. The van der Waals surface area contributed by atoms with Crippen molar-refractivity contribution in [2.75, 3.05) is 39.2 Å². The van der Waals surface area contributed by atoms with Crippen molar-refractivity contribution in [3.63, 3.8) is 0 Å². The number of carbonyl (C=O) groups is 2. The van der Waals surface area contributed by atoms with Gasteiger partial charge in [-0.15, -0.1) is 0 Å². The minimum Gasteiger partial charge on any atom is -0.491 e. The molecule has 8 heteroatoms. The zero-order valence-electron chi connectivity index (χ0n) is 22.2. The predicted octanol–water partition coefficient (Wildman–Crippen LogP) is 4.57. The molecular weight excluding hydrogens is 473 g/mol. The van der Waals surface area contributed by atoms with Crippen LogP contribution in [0.4, 0.5) is 10.1 Å². The number of anilines is 1. The molecule has 0 spiro atoms. The summed E-state index contributed by atoms with van der Waals surface area (Å²) in [6, 6.07) is 11.8. The zero-order chi connectivity index (χ0) is 26.5. The predicted molar refractivity (Wildman–Crippen MR) is 141 cm³/mol. The molecule has 1 heterocycles. The molecule has 0 aromatic heterocycles. The first kappa shape index (κ1) is 27.1. The summed E-state index contributed by atoms with van der Waals surface area (Å²) in [7, 11) is 3.44. The van der Waals surface area contributed by atoms with Crippen molar-refractivity contribution in [2.45, 2.75) is 51.8 Å². The van der Waals surface area contributed by atoms with Gasteiger partial charge in [-0.25, -0.2) is 4.39 Å². The molecule has 0 bridgehead atoms. The Bertz CT molecular complexity index is 1090. The fourth-order valence-electron chi connectivity index (χ4n) is 4.88. The maximum Gasteiger partial charge on any atom is 0.257 e. The highest BCUT2D eigenvalue weighted by Crippen LogP contribution is 2.30. The number of ether oxygens (including phenoxy) is 2. The quantitative estimate of drug-likeness (QED) is 0.637. The van der Waals surface area contributed by atoms with Crippen LogP contribution < -0.4 is 10.1 Å². The van der Waals surface area contributed by atoms with E-state index in [2.05, 4.69) is 24.1 Å². The van der Waals surface area contributed by atoms with Crippen LogP contribution in [0.1, 0.15) is 49.0 Å². The number of carbonyl (C=O) groups excluding carboxylic acids is 2. The lowest BCUT2D eigenvalue weighted by atomic mass is 9.85. The number of amides is 2. The van der Waals surface area contributed by atoms with Gasteiger partial charge in [0.2, 0.25) is 5.91 Å². The van der Waals surface area contributed by atoms with Gasteiger partial charge < -0.3 is 19.7 Å². The molecule has 1 fully saturated rings. The molecule has 2 aromatic carbocycles. The molecule has 7 nitrogen and oxygen atoms in total. The van der Waals surface area contributed by atoms with Gasteiger partial charge in [0.05, 0.1) is 11.7 Å². The summed E-state index contributed by atoms with van der Waals surface area (Å²) in [6.07, 6.45) is 2.75. The molecule has 2 aliphatic rings. The van der Waals surface area contributed by atoms with Gasteiger partial charge in [0, 0.05) is 57.5 Å². The van der Waals surface area contributed by atoms with Gasteiger partial charge in [0.1, 0.15) is 18.2 Å². The Morgan fingerprint density at radius 3 is 2.51 bits per heavy atom. The standard InChI is InChI=1S/C29H38FN3O4/c1-19-15-33(16-21-8-10-23(30)11-9-21)20(2)18-37-26-14-24(31-28(34)22-6-5-7-22)12-13-25(26)29(35)32(3)17-27(19)36-4/h8-14,19-20,22,27H,5-7,15-18H2,1-4H3,(H,31,34)/t19-,20+,27-/m1/s1. The molecule has 200 valence electrons. The van der Waals surface area contributed by atoms with Gasteiger partial charge in [-0.05, 0) is 55.5 Å². The number of likely N-dealkylation sites (N-methyl/N-ethyl adjacent to an activating group) is 1. The normalized spacial score (nSPS) is 23.8. The molecule has 1 aliphatic heterocycles. The summed E-state index contributed by atoms with van der Waals surface area (Å²) in [5, 5.41) is 2.98. The topological polar surface area (TPSA) is 71.1 Å². The van der Waals surface area contributed by atoms with E-state index in [-0.39, 0.29) is 41.6 Å². The maximum absolute atomic E-state index is 13.5. The van der Waals surface area contributed by atoms with Gasteiger partial charge in [0.25, 0.3) is 5.91 Å². The van der Waals surface area contributed by atoms with E-state index in [0.29, 0.717) is 43.2 Å². The second kappa shape index (κ2) is 12.0. The SMILES string of the molecule is CO[C@@H]1CN(C)C(=O)c2ccc(NC(=O)C3CCC3)cc2OC[C@H](C)N(Cc2ccc(F)cc2)C[C@H]1C. The van der Waals surface area contributed by atoms with Gasteiger partial charge in [-0.1, -0.05) is 25.5 Å². The summed E-state index contributed by atoms with van der Waals surface area (Å²) in [4.78, 5) is 29.9. The lowest BCUT2D eigenvalue weighted by Gasteiger charge is -2.36. The Hall–Kier alpha value is -2.97. The van der Waals surface area contributed by atoms with Crippen molar-refractivity contribution >= 4 is 17.5 Å². The average molecular weight is 512 g/mol. The van der Waals surface area contributed by atoms with E-state index in [9.17, 15) is 14.0 Å². The molecule has 3 atom stereocenters. The molecule has 1 aliphatic carbocycles. The average Bonchev–Trinajstić information content (AvgIpc) is 2.84. The molecule has 2 aromatic rings. The molecule has 0 radical (unpaired) electrons. The molecule has 0 saturated heterocycles. The summed E-state index contributed by atoms with van der Waals surface area (Å²) >= 11 is 0. The number of benzene rings is 2. The summed E-state index contributed by atoms with van der Waals surface area (Å²) in [6.45, 7) is 6.32. The molecule has 1 N–H and O–H groups in total. The third-order valence-corrected chi connectivity index (χ3v) is 7.62. The van der Waals surface area contributed by atoms with Crippen LogP contribution in [0.3, 0.4) is 0 Å². The second-order valence-corrected chi connectivity index (χ2v) is 10.5. The number of hydrogen-bond donors (Lipinski definition) is 1. The first-order chi connectivity index (χ1) is 17.7. The van der Waals surface area contributed by atoms with Crippen molar-refractivity contribution in [3.8, 4) is 5.75 Å². The van der Waals surface area contributed by atoms with Gasteiger partial charge >= 0.3 is 0 Å². The number of nitrogens with zero attached hydrogens (tertiary/aromatic N) is 2. The van der Waals surface area contributed by atoms with Crippen LogP contribution in [-0.4, -0.2) is 67.6 Å². The highest BCUT2D eigenvalue weighted by Gasteiger charge is 2.29. The number of hydrogen-bond acceptors (Lipinski definition) is 5. The van der Waals surface area contributed by atoms with E-state index in [0.717, 1.165) is 24.8 Å². The minimum atomic E-state index is -0.258. The summed E-state index contributed by atoms with van der Waals surface area (Å²) < 4.78 is 25.6. The highest BCUT2D eigenvalue weighted by molar-refractivity contribution is 5.99. The van der Waals surface area contributed by atoms with Crippen LogP contribution >= 0.6 is 0 Å². The van der Waals surface area contributed by atoms with E-state index < -0.39 is 0 Å². The van der Waals surface area contributed by atoms with Crippen LogP contribution in [0.2, 0.25) is 0 Å². The third-order valence-electron chi connectivity index (χ3n) is 7.62. The van der Waals surface area contributed by atoms with Crippen LogP contribution in [-0.2, 0) is 16.1 Å². The van der Waals surface area contributed by atoms with E-state index in [1.54, 1.807) is 49.4 Å². The van der Waals surface area contributed by atoms with Gasteiger partial charge in [0.15, 0.2) is 0 Å². The van der Waals surface area contributed by atoms with E-state index in [1.165, 1.54) is 12.1 Å². The summed E-state index contributed by atoms with van der Waals surface area (Å²) in [5.41, 5.74) is 2.08. The first-order valence-electron chi connectivity index (χ1n) is 13.1. The van der Waals surface area contributed by atoms with E-state index in [4.69, 9.17) is 9.47 Å². The number of rotatable bonds is 5. The Labute approximate surface area is 218 Å². The number of nitrogens with one attached hydrogen (secondary N) is 1.